The molecule has 0 aliphatic carbocycles. The Morgan fingerprint density at radius 2 is 1.80 bits per heavy atom. The van der Waals surface area contributed by atoms with Crippen LogP contribution in [0.3, 0.4) is 0 Å². The Morgan fingerprint density at radius 3 is 2.56 bits per heavy atom. The van der Waals surface area contributed by atoms with Crippen LogP contribution in [-0.2, 0) is 9.59 Å². The van der Waals surface area contributed by atoms with Crippen molar-refractivity contribution >= 4 is 44.1 Å². The number of amides is 1. The average molecular weight is 575 g/mol. The maximum atomic E-state index is 13.7. The van der Waals surface area contributed by atoms with Gasteiger partial charge in [-0.15, -0.1) is 0 Å². The van der Waals surface area contributed by atoms with Crippen LogP contribution in [0.15, 0.2) is 60.2 Å². The number of ether oxygens (including phenoxy) is 5. The fraction of sp³-hybridized carbons (Fsp3) is 0.233. The van der Waals surface area contributed by atoms with Crippen LogP contribution in [0.25, 0.3) is 16.0 Å². The minimum atomic E-state index is -1.00. The van der Waals surface area contributed by atoms with Gasteiger partial charge < -0.3 is 28.8 Å². The summed E-state index contributed by atoms with van der Waals surface area (Å²) in [7, 11) is 3.08. The zero-order valence-electron chi connectivity index (χ0n) is 22.5. The number of ketones is 1. The molecule has 6 rings (SSSR count). The van der Waals surface area contributed by atoms with Crippen LogP contribution < -0.4 is 28.6 Å². The SMILES string of the molecule is CCOc1ccc(C2/C(=C(\O)c3ccc4c(c3)OCCO4)C(=O)C(=O)N2c2nc3ccc(OC)cc3s2)cc1OC. The van der Waals surface area contributed by atoms with E-state index in [1.165, 1.54) is 23.3 Å². The lowest BCUT2D eigenvalue weighted by atomic mass is 9.95. The van der Waals surface area contributed by atoms with E-state index in [9.17, 15) is 14.7 Å². The summed E-state index contributed by atoms with van der Waals surface area (Å²) in [5, 5.41) is 11.9. The van der Waals surface area contributed by atoms with E-state index in [1.54, 1.807) is 55.6 Å². The van der Waals surface area contributed by atoms with E-state index < -0.39 is 17.7 Å². The number of carbonyl (C=O) groups is 2. The second-order valence-corrected chi connectivity index (χ2v) is 10.2. The maximum Gasteiger partial charge on any atom is 0.301 e. The van der Waals surface area contributed by atoms with E-state index >= 15 is 0 Å². The molecule has 2 aliphatic heterocycles. The number of benzene rings is 3. The molecule has 1 aromatic heterocycles. The van der Waals surface area contributed by atoms with Gasteiger partial charge in [-0.05, 0) is 61.0 Å². The van der Waals surface area contributed by atoms with Crippen LogP contribution in [-0.4, -0.2) is 55.8 Å². The van der Waals surface area contributed by atoms with Gasteiger partial charge in [-0.3, -0.25) is 14.5 Å². The zero-order chi connectivity index (χ0) is 28.7. The van der Waals surface area contributed by atoms with Gasteiger partial charge >= 0.3 is 5.91 Å². The summed E-state index contributed by atoms with van der Waals surface area (Å²) in [6.07, 6.45) is 0. The Hall–Kier alpha value is -4.77. The normalized spacial score (nSPS) is 17.6. The van der Waals surface area contributed by atoms with Crippen molar-refractivity contribution in [2.24, 2.45) is 0 Å². The fourth-order valence-electron chi connectivity index (χ4n) is 4.94. The Balaban J connectivity index is 1.54. The first-order valence-electron chi connectivity index (χ1n) is 12.9. The summed E-state index contributed by atoms with van der Waals surface area (Å²) in [6, 6.07) is 14.4. The van der Waals surface area contributed by atoms with Gasteiger partial charge in [0.05, 0.1) is 42.7 Å². The van der Waals surface area contributed by atoms with Crippen molar-refractivity contribution in [3.63, 3.8) is 0 Å². The number of aromatic nitrogens is 1. The Bertz CT molecular complexity index is 1710. The highest BCUT2D eigenvalue weighted by atomic mass is 32.1. The molecule has 1 unspecified atom stereocenters. The van der Waals surface area contributed by atoms with Gasteiger partial charge in [-0.1, -0.05) is 17.4 Å². The minimum Gasteiger partial charge on any atom is -0.507 e. The van der Waals surface area contributed by atoms with Gasteiger partial charge in [0.2, 0.25) is 0 Å². The van der Waals surface area contributed by atoms with Crippen molar-refractivity contribution in [3.8, 4) is 28.7 Å². The number of methoxy groups -OCH3 is 2. The standard InChI is InChI=1S/C30H26N2O8S/c1-4-38-20-9-5-16(13-22(20)37-3)26-25(27(33)17-6-10-21-23(14-17)40-12-11-39-21)28(34)29(35)32(26)30-31-19-8-7-18(36-2)15-24(19)41-30/h5-10,13-15,26,33H,4,11-12H2,1-3H3/b27-25+. The molecule has 1 saturated heterocycles. The van der Waals surface area contributed by atoms with Crippen molar-refractivity contribution in [1.82, 2.24) is 4.98 Å². The topological polar surface area (TPSA) is 117 Å². The number of rotatable bonds is 7. The number of nitrogens with zero attached hydrogens (tertiary/aromatic N) is 2. The first-order valence-corrected chi connectivity index (χ1v) is 13.7. The highest BCUT2D eigenvalue weighted by Gasteiger charge is 2.48. The van der Waals surface area contributed by atoms with E-state index in [2.05, 4.69) is 4.98 Å². The molecule has 0 radical (unpaired) electrons. The van der Waals surface area contributed by atoms with Gasteiger partial charge in [0, 0.05) is 5.56 Å². The van der Waals surface area contributed by atoms with Crippen LogP contribution in [0.5, 0.6) is 28.7 Å². The highest BCUT2D eigenvalue weighted by Crippen LogP contribution is 2.46. The maximum absolute atomic E-state index is 13.7. The Labute approximate surface area is 239 Å². The predicted octanol–water partition coefficient (Wildman–Crippen LogP) is 5.11. The molecule has 3 aromatic carbocycles. The van der Waals surface area contributed by atoms with Crippen LogP contribution in [0.1, 0.15) is 24.1 Å². The third-order valence-corrected chi connectivity index (χ3v) is 7.87. The lowest BCUT2D eigenvalue weighted by molar-refractivity contribution is -0.132. The van der Waals surface area contributed by atoms with Gasteiger partial charge in [0.15, 0.2) is 28.1 Å². The smallest absolute Gasteiger partial charge is 0.301 e. The number of aliphatic hydroxyl groups excluding tert-OH is 1. The number of Topliss-reactive ketones (excluding diaryl/α,β-unsaturated/α-hetero) is 1. The molecule has 2 aliphatic rings. The highest BCUT2D eigenvalue weighted by molar-refractivity contribution is 7.22. The summed E-state index contributed by atoms with van der Waals surface area (Å²) in [6.45, 7) is 3.05. The lowest BCUT2D eigenvalue weighted by Crippen LogP contribution is -2.29. The fourth-order valence-corrected chi connectivity index (χ4v) is 5.96. The monoisotopic (exact) mass is 574 g/mol. The lowest BCUT2D eigenvalue weighted by Gasteiger charge is -2.24. The molecule has 41 heavy (non-hydrogen) atoms. The third-order valence-electron chi connectivity index (χ3n) is 6.85. The van der Waals surface area contributed by atoms with Crippen LogP contribution >= 0.6 is 11.3 Å². The number of thiazole rings is 1. The van der Waals surface area contributed by atoms with Crippen molar-refractivity contribution < 1.29 is 38.4 Å². The van der Waals surface area contributed by atoms with E-state index in [4.69, 9.17) is 23.7 Å². The molecular formula is C30H26N2O8S. The quantitative estimate of drug-likeness (QED) is 0.183. The molecule has 10 nitrogen and oxygen atoms in total. The van der Waals surface area contributed by atoms with Crippen LogP contribution in [0, 0.1) is 0 Å². The number of carbonyl (C=O) groups excluding carboxylic acids is 2. The molecule has 1 atom stereocenters. The van der Waals surface area contributed by atoms with Gasteiger partial charge in [-0.2, -0.15) is 0 Å². The van der Waals surface area contributed by atoms with Crippen LogP contribution in [0.4, 0.5) is 5.13 Å². The Morgan fingerprint density at radius 1 is 1.00 bits per heavy atom. The first kappa shape index (κ1) is 26.5. The number of aliphatic hydroxyl groups is 1. The van der Waals surface area contributed by atoms with Crippen molar-refractivity contribution in [3.05, 3.63) is 71.3 Å². The molecule has 3 heterocycles. The van der Waals surface area contributed by atoms with Gasteiger partial charge in [0.25, 0.3) is 5.78 Å². The molecule has 0 spiro atoms. The molecule has 1 fully saturated rings. The molecule has 1 N–H and O–H groups in total. The predicted molar refractivity (Wildman–Crippen MR) is 153 cm³/mol. The van der Waals surface area contributed by atoms with Crippen molar-refractivity contribution in [2.45, 2.75) is 13.0 Å². The number of hydrogen-bond donors (Lipinski definition) is 1. The number of hydrogen-bond acceptors (Lipinski definition) is 10. The third kappa shape index (κ3) is 4.57. The first-order chi connectivity index (χ1) is 19.9. The van der Waals surface area contributed by atoms with Crippen LogP contribution in [0.2, 0.25) is 0 Å². The Kier molecular flexibility index (Phi) is 6.88. The zero-order valence-corrected chi connectivity index (χ0v) is 23.3. The number of fused-ring (bicyclic) bond motifs is 2. The van der Waals surface area contributed by atoms with E-state index in [0.717, 1.165) is 4.70 Å². The van der Waals surface area contributed by atoms with Gasteiger partial charge in [0.1, 0.15) is 24.7 Å². The average Bonchev–Trinajstić information content (AvgIpc) is 3.54. The van der Waals surface area contributed by atoms with Gasteiger partial charge in [-0.25, -0.2) is 4.98 Å². The van der Waals surface area contributed by atoms with Crippen molar-refractivity contribution in [2.75, 3.05) is 38.9 Å². The molecule has 0 bridgehead atoms. The summed E-state index contributed by atoms with van der Waals surface area (Å²) >= 11 is 1.24. The molecule has 210 valence electrons. The molecular weight excluding hydrogens is 548 g/mol. The molecule has 0 saturated carbocycles. The summed E-state index contributed by atoms with van der Waals surface area (Å²) in [5.41, 5.74) is 1.39. The molecule has 4 aromatic rings. The summed E-state index contributed by atoms with van der Waals surface area (Å²) in [4.78, 5) is 33.3. The van der Waals surface area contributed by atoms with E-state index in [1.807, 2.05) is 13.0 Å². The second-order valence-electron chi connectivity index (χ2n) is 9.20. The number of anilines is 1. The molecule has 1 amide bonds. The largest absolute Gasteiger partial charge is 0.507 e. The summed E-state index contributed by atoms with van der Waals surface area (Å²) < 4.78 is 28.6. The second kappa shape index (κ2) is 10.7. The van der Waals surface area contributed by atoms with E-state index in [0.29, 0.717) is 70.3 Å². The molecule has 11 heteroatoms. The van der Waals surface area contributed by atoms with Crippen molar-refractivity contribution in [1.29, 1.82) is 0 Å². The van der Waals surface area contributed by atoms with E-state index in [-0.39, 0.29) is 11.3 Å². The minimum absolute atomic E-state index is 0.0882. The summed E-state index contributed by atoms with van der Waals surface area (Å²) in [5.74, 6) is 0.544.